The van der Waals surface area contributed by atoms with Crippen molar-refractivity contribution in [2.75, 3.05) is 0 Å². The summed E-state index contributed by atoms with van der Waals surface area (Å²) in [5, 5.41) is 10.7. The van der Waals surface area contributed by atoms with E-state index in [0.717, 1.165) is 31.2 Å². The van der Waals surface area contributed by atoms with E-state index in [1.165, 1.54) is 31.4 Å². The lowest BCUT2D eigenvalue weighted by Gasteiger charge is -2.23. The lowest BCUT2D eigenvalue weighted by atomic mass is 9.96. The molecule has 1 saturated carbocycles. The summed E-state index contributed by atoms with van der Waals surface area (Å²) in [7, 11) is 0. The van der Waals surface area contributed by atoms with Crippen LogP contribution in [0.2, 0.25) is 0 Å². The maximum Gasteiger partial charge on any atom is 0.308 e. The standard InChI is InChI=1S/C20H30N2O4/c1-15(20(23)26-19-7-5-3-2-4-6-8-19)13-17(21)14-16-9-11-18(12-10-16)22(24)25/h9-12,15,17,19H,2-8,13-14,21H2,1H3/t15-,17+/m0/s1. The highest BCUT2D eigenvalue weighted by Gasteiger charge is 2.22. The van der Waals surface area contributed by atoms with Gasteiger partial charge in [-0.05, 0) is 44.1 Å². The minimum atomic E-state index is -0.419. The molecule has 0 aromatic heterocycles. The van der Waals surface area contributed by atoms with Crippen molar-refractivity contribution in [2.45, 2.75) is 76.9 Å². The first kappa shape index (κ1) is 20.4. The van der Waals surface area contributed by atoms with Crippen LogP contribution in [0.5, 0.6) is 0 Å². The Labute approximate surface area is 155 Å². The molecule has 0 spiro atoms. The molecule has 0 unspecified atom stereocenters. The van der Waals surface area contributed by atoms with Crippen LogP contribution in [0.1, 0.15) is 63.9 Å². The predicted molar refractivity (Wildman–Crippen MR) is 101 cm³/mol. The van der Waals surface area contributed by atoms with E-state index in [2.05, 4.69) is 0 Å². The second-order valence-electron chi connectivity index (χ2n) is 7.43. The zero-order chi connectivity index (χ0) is 18.9. The van der Waals surface area contributed by atoms with Crippen molar-refractivity contribution in [1.82, 2.24) is 0 Å². The van der Waals surface area contributed by atoms with Crippen molar-refractivity contribution in [3.8, 4) is 0 Å². The summed E-state index contributed by atoms with van der Waals surface area (Å²) in [6.45, 7) is 1.86. The average molecular weight is 362 g/mol. The van der Waals surface area contributed by atoms with Gasteiger partial charge in [0.15, 0.2) is 0 Å². The highest BCUT2D eigenvalue weighted by molar-refractivity contribution is 5.72. The highest BCUT2D eigenvalue weighted by atomic mass is 16.6. The summed E-state index contributed by atoms with van der Waals surface area (Å²) in [6, 6.07) is 6.21. The van der Waals surface area contributed by atoms with Crippen molar-refractivity contribution in [3.05, 3.63) is 39.9 Å². The zero-order valence-electron chi connectivity index (χ0n) is 15.6. The van der Waals surface area contributed by atoms with Gasteiger partial charge in [-0.1, -0.05) is 38.3 Å². The van der Waals surface area contributed by atoms with Crippen LogP contribution in [0.4, 0.5) is 5.69 Å². The number of non-ortho nitro benzene ring substituents is 1. The molecular weight excluding hydrogens is 332 g/mol. The lowest BCUT2D eigenvalue weighted by molar-refractivity contribution is -0.384. The van der Waals surface area contributed by atoms with E-state index < -0.39 is 4.92 Å². The van der Waals surface area contributed by atoms with E-state index >= 15 is 0 Å². The van der Waals surface area contributed by atoms with Gasteiger partial charge in [-0.25, -0.2) is 0 Å². The number of nitrogens with zero attached hydrogens (tertiary/aromatic N) is 1. The number of benzene rings is 1. The molecule has 0 aliphatic heterocycles. The molecule has 0 saturated heterocycles. The molecule has 2 N–H and O–H groups in total. The fourth-order valence-corrected chi connectivity index (χ4v) is 3.51. The Balaban J connectivity index is 1.78. The van der Waals surface area contributed by atoms with Crippen LogP contribution in [-0.4, -0.2) is 23.0 Å². The van der Waals surface area contributed by atoms with E-state index in [1.54, 1.807) is 12.1 Å². The number of ether oxygens (including phenoxy) is 1. The van der Waals surface area contributed by atoms with Gasteiger partial charge in [0, 0.05) is 18.2 Å². The largest absolute Gasteiger partial charge is 0.462 e. The lowest BCUT2D eigenvalue weighted by Crippen LogP contribution is -2.30. The summed E-state index contributed by atoms with van der Waals surface area (Å²) in [4.78, 5) is 22.6. The Kier molecular flexibility index (Phi) is 8.04. The number of nitrogens with two attached hydrogens (primary N) is 1. The third-order valence-corrected chi connectivity index (χ3v) is 5.04. The van der Waals surface area contributed by atoms with E-state index in [-0.39, 0.29) is 29.7 Å². The van der Waals surface area contributed by atoms with Gasteiger partial charge in [0.1, 0.15) is 6.10 Å². The van der Waals surface area contributed by atoms with E-state index in [4.69, 9.17) is 10.5 Å². The molecule has 0 bridgehead atoms. The van der Waals surface area contributed by atoms with Crippen molar-refractivity contribution in [1.29, 1.82) is 0 Å². The molecule has 26 heavy (non-hydrogen) atoms. The summed E-state index contributed by atoms with van der Waals surface area (Å²) in [5.74, 6) is -0.400. The van der Waals surface area contributed by atoms with Crippen LogP contribution in [0.3, 0.4) is 0 Å². The molecule has 1 aliphatic rings. The molecule has 1 aromatic rings. The van der Waals surface area contributed by atoms with Gasteiger partial charge in [-0.3, -0.25) is 14.9 Å². The van der Waals surface area contributed by atoms with Crippen molar-refractivity contribution < 1.29 is 14.5 Å². The average Bonchev–Trinajstić information content (AvgIpc) is 2.57. The van der Waals surface area contributed by atoms with Crippen LogP contribution in [0.15, 0.2) is 24.3 Å². The number of nitro benzene ring substituents is 1. The smallest absolute Gasteiger partial charge is 0.308 e. The Morgan fingerprint density at radius 3 is 2.35 bits per heavy atom. The second-order valence-corrected chi connectivity index (χ2v) is 7.43. The predicted octanol–water partition coefficient (Wildman–Crippen LogP) is 4.15. The molecule has 2 atom stereocenters. The highest BCUT2D eigenvalue weighted by Crippen LogP contribution is 2.21. The zero-order valence-corrected chi connectivity index (χ0v) is 15.6. The number of hydrogen-bond donors (Lipinski definition) is 1. The molecule has 1 fully saturated rings. The van der Waals surface area contributed by atoms with E-state index in [1.807, 2.05) is 6.92 Å². The number of rotatable bonds is 7. The first-order valence-electron chi connectivity index (χ1n) is 9.65. The number of carbonyl (C=O) groups is 1. The Morgan fingerprint density at radius 1 is 1.19 bits per heavy atom. The van der Waals surface area contributed by atoms with Crippen LogP contribution in [0, 0.1) is 16.0 Å². The van der Waals surface area contributed by atoms with Crippen molar-refractivity contribution >= 4 is 11.7 Å². The molecule has 1 aliphatic carbocycles. The van der Waals surface area contributed by atoms with Crippen molar-refractivity contribution in [2.24, 2.45) is 11.7 Å². The number of hydrogen-bond acceptors (Lipinski definition) is 5. The van der Waals surface area contributed by atoms with E-state index in [9.17, 15) is 14.9 Å². The Bertz CT molecular complexity index is 580. The molecule has 0 amide bonds. The second kappa shape index (κ2) is 10.3. The molecule has 0 radical (unpaired) electrons. The number of carbonyl (C=O) groups excluding carboxylic acids is 1. The SMILES string of the molecule is C[C@@H](C[C@@H](N)Cc1ccc([N+](=O)[O-])cc1)C(=O)OC1CCCCCCC1. The normalized spacial score (nSPS) is 18.4. The molecule has 0 heterocycles. The molecule has 6 nitrogen and oxygen atoms in total. The van der Waals surface area contributed by atoms with Gasteiger partial charge in [-0.2, -0.15) is 0 Å². The summed E-state index contributed by atoms with van der Waals surface area (Å²) in [5.41, 5.74) is 7.18. The number of esters is 1. The molecule has 6 heteroatoms. The van der Waals surface area contributed by atoms with Crippen LogP contribution < -0.4 is 5.73 Å². The topological polar surface area (TPSA) is 95.5 Å². The van der Waals surface area contributed by atoms with Crippen LogP contribution in [-0.2, 0) is 16.0 Å². The maximum absolute atomic E-state index is 12.4. The Morgan fingerprint density at radius 2 is 1.77 bits per heavy atom. The third-order valence-electron chi connectivity index (χ3n) is 5.04. The van der Waals surface area contributed by atoms with Gasteiger partial charge in [0.25, 0.3) is 5.69 Å². The van der Waals surface area contributed by atoms with Gasteiger partial charge in [-0.15, -0.1) is 0 Å². The molecule has 2 rings (SSSR count). The van der Waals surface area contributed by atoms with E-state index in [0.29, 0.717) is 12.8 Å². The van der Waals surface area contributed by atoms with Gasteiger partial charge in [0.2, 0.25) is 0 Å². The fraction of sp³-hybridized carbons (Fsp3) is 0.650. The van der Waals surface area contributed by atoms with Gasteiger partial charge < -0.3 is 10.5 Å². The summed E-state index contributed by atoms with van der Waals surface area (Å²) >= 11 is 0. The minimum Gasteiger partial charge on any atom is -0.462 e. The number of nitro groups is 1. The summed E-state index contributed by atoms with van der Waals surface area (Å²) in [6.07, 6.45) is 9.11. The first-order chi connectivity index (χ1) is 12.5. The van der Waals surface area contributed by atoms with Crippen LogP contribution >= 0.6 is 0 Å². The molecular formula is C20H30N2O4. The first-order valence-corrected chi connectivity index (χ1v) is 9.65. The minimum absolute atomic E-state index is 0.0520. The van der Waals surface area contributed by atoms with Crippen LogP contribution in [0.25, 0.3) is 0 Å². The van der Waals surface area contributed by atoms with Crippen molar-refractivity contribution in [3.63, 3.8) is 0 Å². The fourth-order valence-electron chi connectivity index (χ4n) is 3.51. The molecule has 144 valence electrons. The maximum atomic E-state index is 12.4. The summed E-state index contributed by atoms with van der Waals surface area (Å²) < 4.78 is 5.71. The molecule has 1 aromatic carbocycles. The van der Waals surface area contributed by atoms with Gasteiger partial charge >= 0.3 is 5.97 Å². The Hall–Kier alpha value is -1.95. The monoisotopic (exact) mass is 362 g/mol. The van der Waals surface area contributed by atoms with Gasteiger partial charge in [0.05, 0.1) is 10.8 Å². The quantitative estimate of drug-likeness (QED) is 0.447. The third kappa shape index (κ3) is 6.75.